The molecule has 1 aliphatic heterocycles. The molecule has 12 heteroatoms. The molecule has 2 aromatic heterocycles. The molecule has 3 aromatic rings. The number of esters is 1. The molecule has 0 fully saturated rings. The molecular weight excluding hydrogens is 452 g/mol. The van der Waals surface area contributed by atoms with Crippen molar-refractivity contribution in [2.45, 2.75) is 12.1 Å². The Morgan fingerprint density at radius 2 is 2.22 bits per heavy atom. The molecule has 0 amide bonds. The third-order valence-electron chi connectivity index (χ3n) is 4.52. The van der Waals surface area contributed by atoms with Crippen molar-refractivity contribution in [1.82, 2.24) is 14.9 Å². The van der Waals surface area contributed by atoms with Crippen molar-refractivity contribution >= 4 is 52.2 Å². The van der Waals surface area contributed by atoms with Crippen molar-refractivity contribution in [2.24, 2.45) is 5.10 Å². The van der Waals surface area contributed by atoms with Gasteiger partial charge < -0.3 is 10.1 Å². The molecule has 0 atom stereocenters. The van der Waals surface area contributed by atoms with Gasteiger partial charge in [0.1, 0.15) is 5.69 Å². The maximum atomic E-state index is 12.8. The number of nitro groups is 1. The largest absolute Gasteiger partial charge is 0.462 e. The number of anilines is 1. The zero-order chi connectivity index (χ0) is 22.7. The Hall–Kier alpha value is -3.51. The topological polar surface area (TPSA) is 125 Å². The van der Waals surface area contributed by atoms with E-state index in [1.807, 2.05) is 17.5 Å². The van der Waals surface area contributed by atoms with Gasteiger partial charge in [0, 0.05) is 18.9 Å². The molecular formula is C20H18N6O4S2. The van der Waals surface area contributed by atoms with Gasteiger partial charge in [-0.25, -0.2) is 4.79 Å². The van der Waals surface area contributed by atoms with Crippen LogP contribution in [0.15, 0.2) is 51.5 Å². The minimum Gasteiger partial charge on any atom is -0.462 e. The fourth-order valence-electron chi connectivity index (χ4n) is 3.06. The summed E-state index contributed by atoms with van der Waals surface area (Å²) in [7, 11) is 1.61. The Bertz CT molecular complexity index is 1230. The minimum absolute atomic E-state index is 0.0921. The maximum Gasteiger partial charge on any atom is 0.340 e. The summed E-state index contributed by atoms with van der Waals surface area (Å²) in [5, 5.41) is 29.8. The molecule has 0 radical (unpaired) electrons. The van der Waals surface area contributed by atoms with Crippen LogP contribution >= 0.6 is 23.1 Å². The molecule has 32 heavy (non-hydrogen) atoms. The van der Waals surface area contributed by atoms with E-state index in [9.17, 15) is 14.9 Å². The Kier molecular flexibility index (Phi) is 6.32. The van der Waals surface area contributed by atoms with E-state index in [-0.39, 0.29) is 17.9 Å². The Balaban J connectivity index is 1.80. The molecule has 0 bridgehead atoms. The number of thiophene rings is 1. The van der Waals surface area contributed by atoms with Gasteiger partial charge in [-0.2, -0.15) is 9.78 Å². The molecule has 1 aromatic carbocycles. The van der Waals surface area contributed by atoms with Crippen LogP contribution in [-0.4, -0.2) is 50.9 Å². The van der Waals surface area contributed by atoms with Crippen LogP contribution in [0.3, 0.4) is 0 Å². The van der Waals surface area contributed by atoms with Gasteiger partial charge in [-0.3, -0.25) is 10.1 Å². The highest BCUT2D eigenvalue weighted by Crippen LogP contribution is 2.31. The molecule has 0 saturated carbocycles. The number of carbonyl (C=O) groups is 1. The summed E-state index contributed by atoms with van der Waals surface area (Å²) in [5.41, 5.74) is 1.47. The second-order valence-corrected chi connectivity index (χ2v) is 8.38. The van der Waals surface area contributed by atoms with Gasteiger partial charge in [-0.15, -0.1) is 21.5 Å². The number of nitrogens with zero attached hydrogens (tertiary/aromatic N) is 5. The van der Waals surface area contributed by atoms with Crippen molar-refractivity contribution in [3.63, 3.8) is 0 Å². The fraction of sp³-hybridized carbons (Fsp3) is 0.200. The number of rotatable bonds is 7. The first kappa shape index (κ1) is 21.7. The number of hydrogen-bond donors (Lipinski definition) is 1. The Morgan fingerprint density at radius 1 is 1.38 bits per heavy atom. The molecule has 1 N–H and O–H groups in total. The average Bonchev–Trinajstić information content (AvgIpc) is 3.46. The molecule has 4 rings (SSSR count). The summed E-state index contributed by atoms with van der Waals surface area (Å²) in [6.45, 7) is 1.90. The summed E-state index contributed by atoms with van der Waals surface area (Å²) in [6.07, 6.45) is 1.56. The first-order valence-electron chi connectivity index (χ1n) is 9.57. The zero-order valence-electron chi connectivity index (χ0n) is 17.1. The van der Waals surface area contributed by atoms with Gasteiger partial charge in [0.05, 0.1) is 27.7 Å². The Morgan fingerprint density at radius 3 is 2.91 bits per heavy atom. The van der Waals surface area contributed by atoms with Gasteiger partial charge in [-0.05, 0) is 36.1 Å². The molecule has 0 unspecified atom stereocenters. The number of thioether (sulfide) groups is 1. The Labute approximate surface area is 191 Å². The van der Waals surface area contributed by atoms with E-state index in [0.717, 1.165) is 4.88 Å². The standard InChI is InChI=1S/C20H18N6O4S2/c1-3-30-19(27)13(9-12-6-7-14(21-2)16(10-12)26(28)29)15-11-32-20-23-22-18(25(20)24-15)17-5-4-8-31-17/h4-10,21H,3,11H2,1-2H3/b13-9+. The van der Waals surface area contributed by atoms with E-state index in [4.69, 9.17) is 4.74 Å². The van der Waals surface area contributed by atoms with Gasteiger partial charge in [0.25, 0.3) is 5.69 Å². The molecule has 164 valence electrons. The van der Waals surface area contributed by atoms with E-state index in [1.54, 1.807) is 36.9 Å². The first-order valence-corrected chi connectivity index (χ1v) is 11.4. The molecule has 0 saturated heterocycles. The van der Waals surface area contributed by atoms with Crippen molar-refractivity contribution in [1.29, 1.82) is 0 Å². The number of nitro benzene ring substituents is 1. The van der Waals surface area contributed by atoms with E-state index in [1.165, 1.54) is 29.2 Å². The lowest BCUT2D eigenvalue weighted by atomic mass is 10.1. The van der Waals surface area contributed by atoms with E-state index in [0.29, 0.717) is 33.7 Å². The highest BCUT2D eigenvalue weighted by Gasteiger charge is 2.26. The smallest absolute Gasteiger partial charge is 0.340 e. The van der Waals surface area contributed by atoms with Crippen LogP contribution in [0.5, 0.6) is 0 Å². The van der Waals surface area contributed by atoms with Crippen molar-refractivity contribution in [2.75, 3.05) is 24.7 Å². The van der Waals surface area contributed by atoms with Crippen LogP contribution in [0.1, 0.15) is 12.5 Å². The number of aromatic nitrogens is 3. The number of fused-ring (bicyclic) bond motifs is 1. The molecule has 1 aliphatic rings. The molecule has 3 heterocycles. The van der Waals surface area contributed by atoms with Gasteiger partial charge in [0.15, 0.2) is 5.82 Å². The lowest BCUT2D eigenvalue weighted by Gasteiger charge is -2.15. The van der Waals surface area contributed by atoms with Crippen LogP contribution in [0.2, 0.25) is 0 Å². The summed E-state index contributed by atoms with van der Waals surface area (Å²) in [6, 6.07) is 8.52. The minimum atomic E-state index is -0.554. The number of ether oxygens (including phenoxy) is 1. The lowest BCUT2D eigenvalue weighted by Crippen LogP contribution is -2.21. The summed E-state index contributed by atoms with van der Waals surface area (Å²) < 4.78 is 6.85. The average molecular weight is 471 g/mol. The van der Waals surface area contributed by atoms with Crippen LogP contribution in [-0.2, 0) is 9.53 Å². The van der Waals surface area contributed by atoms with Crippen molar-refractivity contribution in [3.05, 3.63) is 57.0 Å². The quantitative estimate of drug-likeness (QED) is 0.238. The van der Waals surface area contributed by atoms with E-state index < -0.39 is 10.9 Å². The number of nitrogens with one attached hydrogen (secondary N) is 1. The second-order valence-electron chi connectivity index (χ2n) is 6.49. The maximum absolute atomic E-state index is 12.8. The highest BCUT2D eigenvalue weighted by molar-refractivity contribution is 7.99. The van der Waals surface area contributed by atoms with Crippen molar-refractivity contribution < 1.29 is 14.5 Å². The monoisotopic (exact) mass is 470 g/mol. The molecule has 0 aliphatic carbocycles. The summed E-state index contributed by atoms with van der Waals surface area (Å²) in [5.74, 6) is 0.405. The third-order valence-corrected chi connectivity index (χ3v) is 6.31. The third kappa shape index (κ3) is 4.27. The first-order chi connectivity index (χ1) is 15.5. The van der Waals surface area contributed by atoms with Gasteiger partial charge in [0.2, 0.25) is 5.16 Å². The second kappa shape index (κ2) is 9.32. The van der Waals surface area contributed by atoms with E-state index >= 15 is 0 Å². The van der Waals surface area contributed by atoms with Gasteiger partial charge in [-0.1, -0.05) is 23.9 Å². The molecule has 0 spiro atoms. The predicted molar refractivity (Wildman–Crippen MR) is 124 cm³/mol. The normalized spacial score (nSPS) is 13.3. The predicted octanol–water partition coefficient (Wildman–Crippen LogP) is 3.91. The zero-order valence-corrected chi connectivity index (χ0v) is 18.8. The van der Waals surface area contributed by atoms with Crippen LogP contribution in [0.25, 0.3) is 16.8 Å². The summed E-state index contributed by atoms with van der Waals surface area (Å²) >= 11 is 2.91. The lowest BCUT2D eigenvalue weighted by molar-refractivity contribution is -0.384. The van der Waals surface area contributed by atoms with Crippen LogP contribution in [0, 0.1) is 10.1 Å². The van der Waals surface area contributed by atoms with E-state index in [2.05, 4.69) is 20.6 Å². The number of hydrogen-bond acceptors (Lipinski definition) is 10. The summed E-state index contributed by atoms with van der Waals surface area (Å²) in [4.78, 5) is 24.6. The molecule has 10 nitrogen and oxygen atoms in total. The van der Waals surface area contributed by atoms with Crippen LogP contribution in [0.4, 0.5) is 11.4 Å². The van der Waals surface area contributed by atoms with Gasteiger partial charge >= 0.3 is 5.97 Å². The highest BCUT2D eigenvalue weighted by atomic mass is 32.2. The number of carbonyl (C=O) groups excluding carboxylic acids is 1. The number of benzene rings is 1. The van der Waals surface area contributed by atoms with Crippen molar-refractivity contribution in [3.8, 4) is 10.7 Å². The fourth-order valence-corrected chi connectivity index (χ4v) is 4.58. The van der Waals surface area contributed by atoms with Crippen LogP contribution < -0.4 is 5.32 Å². The SMILES string of the molecule is CCOC(=O)/C(=C/c1ccc(NC)c([N+](=O)[O-])c1)C1=Nn2c(nnc2-c2cccs2)SC1.